The lowest BCUT2D eigenvalue weighted by Gasteiger charge is -2.19. The molecular formula is C20H24N2O4. The second-order valence-corrected chi connectivity index (χ2v) is 5.79. The highest BCUT2D eigenvalue weighted by atomic mass is 16.5. The van der Waals surface area contributed by atoms with Crippen molar-refractivity contribution in [2.24, 2.45) is 0 Å². The molecule has 0 aliphatic rings. The molecule has 138 valence electrons. The lowest BCUT2D eigenvalue weighted by atomic mass is 10.1. The van der Waals surface area contributed by atoms with Crippen molar-refractivity contribution < 1.29 is 19.1 Å². The van der Waals surface area contributed by atoms with Gasteiger partial charge in [0, 0.05) is 12.7 Å². The first-order valence-corrected chi connectivity index (χ1v) is 8.35. The second kappa shape index (κ2) is 8.89. The van der Waals surface area contributed by atoms with Crippen LogP contribution >= 0.6 is 0 Å². The molecule has 6 nitrogen and oxygen atoms in total. The molecule has 6 heteroatoms. The van der Waals surface area contributed by atoms with Crippen molar-refractivity contribution >= 4 is 17.5 Å². The van der Waals surface area contributed by atoms with Crippen LogP contribution < -0.4 is 14.8 Å². The molecule has 0 spiro atoms. The summed E-state index contributed by atoms with van der Waals surface area (Å²) >= 11 is 0. The Morgan fingerprint density at radius 1 is 1.08 bits per heavy atom. The van der Waals surface area contributed by atoms with Gasteiger partial charge >= 0.3 is 0 Å². The third-order valence-corrected chi connectivity index (χ3v) is 4.04. The number of aryl methyl sites for hydroxylation is 1. The van der Waals surface area contributed by atoms with Crippen LogP contribution in [0, 0.1) is 0 Å². The minimum Gasteiger partial charge on any atom is -0.497 e. The largest absolute Gasteiger partial charge is 0.497 e. The van der Waals surface area contributed by atoms with Crippen molar-refractivity contribution in [1.29, 1.82) is 0 Å². The van der Waals surface area contributed by atoms with Crippen LogP contribution in [0.5, 0.6) is 11.5 Å². The third-order valence-electron chi connectivity index (χ3n) is 4.04. The summed E-state index contributed by atoms with van der Waals surface area (Å²) in [5.41, 5.74) is 2.15. The van der Waals surface area contributed by atoms with E-state index in [1.807, 2.05) is 31.2 Å². The van der Waals surface area contributed by atoms with Gasteiger partial charge in [0.25, 0.3) is 5.91 Å². The van der Waals surface area contributed by atoms with Gasteiger partial charge in [-0.1, -0.05) is 25.1 Å². The molecule has 0 aromatic heterocycles. The number of amides is 2. The quantitative estimate of drug-likeness (QED) is 0.828. The molecule has 0 saturated heterocycles. The first kappa shape index (κ1) is 19.3. The Balaban J connectivity index is 2.10. The van der Waals surface area contributed by atoms with E-state index in [0.717, 1.165) is 17.7 Å². The molecule has 0 heterocycles. The van der Waals surface area contributed by atoms with Crippen LogP contribution in [0.15, 0.2) is 42.5 Å². The molecule has 2 rings (SSSR count). The fraction of sp³-hybridized carbons (Fsp3) is 0.300. The minimum atomic E-state index is -0.320. The average molecular weight is 356 g/mol. The Labute approximate surface area is 153 Å². The maximum atomic E-state index is 12.7. The molecule has 0 aliphatic heterocycles. The van der Waals surface area contributed by atoms with E-state index < -0.39 is 0 Å². The zero-order chi connectivity index (χ0) is 19.1. The molecule has 2 aromatic rings. The van der Waals surface area contributed by atoms with Crippen molar-refractivity contribution in [3.63, 3.8) is 0 Å². The maximum Gasteiger partial charge on any atom is 0.257 e. The average Bonchev–Trinajstić information content (AvgIpc) is 2.67. The summed E-state index contributed by atoms with van der Waals surface area (Å²) in [6.45, 7) is 1.95. The summed E-state index contributed by atoms with van der Waals surface area (Å²) in [7, 11) is 4.60. The summed E-state index contributed by atoms with van der Waals surface area (Å²) in [5.74, 6) is 0.395. The highest BCUT2D eigenvalue weighted by Gasteiger charge is 2.20. The van der Waals surface area contributed by atoms with Crippen LogP contribution in [0.2, 0.25) is 0 Å². The van der Waals surface area contributed by atoms with Crippen molar-refractivity contribution in [3.05, 3.63) is 53.6 Å². The molecule has 0 aliphatic carbocycles. The van der Waals surface area contributed by atoms with E-state index in [2.05, 4.69) is 5.32 Å². The van der Waals surface area contributed by atoms with Crippen LogP contribution in [0.1, 0.15) is 22.8 Å². The maximum absolute atomic E-state index is 12.7. The van der Waals surface area contributed by atoms with E-state index in [0.29, 0.717) is 17.1 Å². The number of likely N-dealkylation sites (N-methyl/N-ethyl adjacent to an activating group) is 1. The Bertz CT molecular complexity index is 789. The van der Waals surface area contributed by atoms with Crippen LogP contribution in [-0.4, -0.2) is 44.5 Å². The summed E-state index contributed by atoms with van der Waals surface area (Å²) in [6, 6.07) is 12.6. The fourth-order valence-electron chi connectivity index (χ4n) is 2.61. The van der Waals surface area contributed by atoms with Crippen molar-refractivity contribution in [1.82, 2.24) is 4.90 Å². The monoisotopic (exact) mass is 356 g/mol. The number of rotatable bonds is 7. The topological polar surface area (TPSA) is 67.9 Å². The van der Waals surface area contributed by atoms with Gasteiger partial charge in [0.2, 0.25) is 5.91 Å². The summed E-state index contributed by atoms with van der Waals surface area (Å²) in [5, 5.41) is 2.86. The van der Waals surface area contributed by atoms with E-state index >= 15 is 0 Å². The number of hydrogen-bond donors (Lipinski definition) is 1. The number of methoxy groups -OCH3 is 2. The molecule has 0 unspecified atom stereocenters. The predicted molar refractivity (Wildman–Crippen MR) is 101 cm³/mol. The first-order chi connectivity index (χ1) is 12.5. The predicted octanol–water partition coefficient (Wildman–Crippen LogP) is 2.98. The van der Waals surface area contributed by atoms with Gasteiger partial charge in [-0.25, -0.2) is 0 Å². The molecule has 2 aromatic carbocycles. The number of nitrogens with zero attached hydrogens (tertiary/aromatic N) is 1. The lowest BCUT2D eigenvalue weighted by Crippen LogP contribution is -2.35. The first-order valence-electron chi connectivity index (χ1n) is 8.35. The number of hydrogen-bond acceptors (Lipinski definition) is 4. The van der Waals surface area contributed by atoms with Crippen molar-refractivity contribution in [3.8, 4) is 11.5 Å². The number of nitrogens with one attached hydrogen (secondary N) is 1. The normalized spacial score (nSPS) is 10.2. The summed E-state index contributed by atoms with van der Waals surface area (Å²) in [4.78, 5) is 26.4. The van der Waals surface area contributed by atoms with E-state index in [1.54, 1.807) is 25.2 Å². The molecule has 0 radical (unpaired) electrons. The number of carbonyl (C=O) groups is 2. The number of benzene rings is 2. The Kier molecular flexibility index (Phi) is 6.60. The lowest BCUT2D eigenvalue weighted by molar-refractivity contribution is -0.116. The van der Waals surface area contributed by atoms with Crippen LogP contribution in [0.3, 0.4) is 0 Å². The molecule has 0 atom stereocenters. The molecular weight excluding hydrogens is 332 g/mol. The van der Waals surface area contributed by atoms with Crippen molar-refractivity contribution in [2.45, 2.75) is 13.3 Å². The van der Waals surface area contributed by atoms with Crippen molar-refractivity contribution in [2.75, 3.05) is 33.1 Å². The number of ether oxygens (including phenoxy) is 2. The van der Waals surface area contributed by atoms with E-state index in [4.69, 9.17) is 9.47 Å². The van der Waals surface area contributed by atoms with Gasteiger partial charge in [0.15, 0.2) is 0 Å². The zero-order valence-corrected chi connectivity index (χ0v) is 15.5. The van der Waals surface area contributed by atoms with Gasteiger partial charge in [-0.3, -0.25) is 9.59 Å². The molecule has 1 N–H and O–H groups in total. The molecule has 26 heavy (non-hydrogen) atoms. The van der Waals surface area contributed by atoms with Gasteiger partial charge in [-0.05, 0) is 36.2 Å². The Hall–Kier alpha value is -3.02. The van der Waals surface area contributed by atoms with Crippen LogP contribution in [0.4, 0.5) is 5.69 Å². The molecule has 0 fully saturated rings. The highest BCUT2D eigenvalue weighted by Crippen LogP contribution is 2.25. The van der Waals surface area contributed by atoms with E-state index in [9.17, 15) is 9.59 Å². The fourth-order valence-corrected chi connectivity index (χ4v) is 2.61. The highest BCUT2D eigenvalue weighted by molar-refractivity contribution is 6.01. The van der Waals surface area contributed by atoms with Gasteiger partial charge in [0.1, 0.15) is 11.5 Å². The standard InChI is InChI=1S/C20H24N2O4/c1-5-14-8-6-7-9-17(14)21-19(23)13-22(2)20(24)16-12-15(25-3)10-11-18(16)26-4/h6-12H,5,13H2,1-4H3,(H,21,23). The Morgan fingerprint density at radius 3 is 2.46 bits per heavy atom. The Morgan fingerprint density at radius 2 is 1.81 bits per heavy atom. The van der Waals surface area contributed by atoms with E-state index in [1.165, 1.54) is 19.1 Å². The SMILES string of the molecule is CCc1ccccc1NC(=O)CN(C)C(=O)c1cc(OC)ccc1OC. The van der Waals surface area contributed by atoms with Crippen LogP contribution in [-0.2, 0) is 11.2 Å². The zero-order valence-electron chi connectivity index (χ0n) is 15.5. The van der Waals surface area contributed by atoms with Crippen LogP contribution in [0.25, 0.3) is 0 Å². The van der Waals surface area contributed by atoms with Gasteiger partial charge in [-0.2, -0.15) is 0 Å². The smallest absolute Gasteiger partial charge is 0.257 e. The van der Waals surface area contributed by atoms with Gasteiger partial charge in [0.05, 0.1) is 26.3 Å². The van der Waals surface area contributed by atoms with Gasteiger partial charge < -0.3 is 19.7 Å². The summed E-state index contributed by atoms with van der Waals surface area (Å²) < 4.78 is 10.4. The summed E-state index contributed by atoms with van der Waals surface area (Å²) in [6.07, 6.45) is 0.812. The number of para-hydroxylation sites is 1. The molecule has 0 saturated carbocycles. The van der Waals surface area contributed by atoms with Gasteiger partial charge in [-0.15, -0.1) is 0 Å². The number of carbonyl (C=O) groups excluding carboxylic acids is 2. The molecule has 2 amide bonds. The minimum absolute atomic E-state index is 0.0722. The molecule has 0 bridgehead atoms. The third kappa shape index (κ3) is 4.53. The second-order valence-electron chi connectivity index (χ2n) is 5.79. The number of anilines is 1. The van der Waals surface area contributed by atoms with E-state index in [-0.39, 0.29) is 18.4 Å².